The van der Waals surface area contributed by atoms with E-state index >= 15 is 0 Å². The number of halogens is 3. The molecule has 0 saturated carbocycles. The van der Waals surface area contributed by atoms with E-state index in [9.17, 15) is 12.8 Å². The van der Waals surface area contributed by atoms with Gasteiger partial charge in [0, 0.05) is 0 Å². The van der Waals surface area contributed by atoms with Crippen molar-refractivity contribution in [3.05, 3.63) is 51.8 Å². The average molecular weight is 349 g/mol. The van der Waals surface area contributed by atoms with Gasteiger partial charge in [0.15, 0.2) is 0 Å². The van der Waals surface area contributed by atoms with Crippen molar-refractivity contribution in [3.63, 3.8) is 0 Å². The molecule has 0 aliphatic rings. The highest BCUT2D eigenvalue weighted by Gasteiger charge is 2.17. The molecule has 0 aliphatic carbocycles. The summed E-state index contributed by atoms with van der Waals surface area (Å²) in [6, 6.07) is 6.28. The molecule has 0 unspecified atom stereocenters. The zero-order chi connectivity index (χ0) is 15.8. The second-order valence-electron chi connectivity index (χ2n) is 4.37. The van der Waals surface area contributed by atoms with Gasteiger partial charge in [-0.3, -0.25) is 4.72 Å². The molecule has 0 aromatic heterocycles. The van der Waals surface area contributed by atoms with Crippen LogP contribution in [0.5, 0.6) is 0 Å². The predicted octanol–water partition coefficient (Wildman–Crippen LogP) is 3.82. The SMILES string of the molecule is Cc1ccc(S(=O)(=O)Nc2cc(Cl)c(N)c(Cl)c2)cc1F. The summed E-state index contributed by atoms with van der Waals surface area (Å²) >= 11 is 11.7. The average Bonchev–Trinajstić information content (AvgIpc) is 2.38. The minimum atomic E-state index is -3.95. The van der Waals surface area contributed by atoms with E-state index < -0.39 is 15.8 Å². The molecule has 2 rings (SSSR count). The summed E-state index contributed by atoms with van der Waals surface area (Å²) in [7, 11) is -3.95. The lowest BCUT2D eigenvalue weighted by molar-refractivity contribution is 0.593. The summed E-state index contributed by atoms with van der Waals surface area (Å²) in [5, 5.41) is 0.241. The zero-order valence-electron chi connectivity index (χ0n) is 10.8. The Kier molecular flexibility index (Phi) is 4.32. The largest absolute Gasteiger partial charge is 0.396 e. The van der Waals surface area contributed by atoms with E-state index in [1.165, 1.54) is 24.3 Å². The first-order chi connectivity index (χ1) is 9.70. The van der Waals surface area contributed by atoms with Gasteiger partial charge >= 0.3 is 0 Å². The van der Waals surface area contributed by atoms with Gasteiger partial charge in [0.05, 0.1) is 26.3 Å². The van der Waals surface area contributed by atoms with Gasteiger partial charge in [-0.05, 0) is 36.8 Å². The molecule has 0 amide bonds. The first-order valence-electron chi connectivity index (χ1n) is 5.74. The highest BCUT2D eigenvalue weighted by molar-refractivity contribution is 7.92. The van der Waals surface area contributed by atoms with Crippen LogP contribution in [-0.2, 0) is 10.0 Å². The van der Waals surface area contributed by atoms with Gasteiger partial charge in [0.1, 0.15) is 5.82 Å². The van der Waals surface area contributed by atoms with E-state index in [0.29, 0.717) is 5.56 Å². The van der Waals surface area contributed by atoms with Crippen LogP contribution in [0, 0.1) is 12.7 Å². The van der Waals surface area contributed by atoms with Crippen LogP contribution in [0.4, 0.5) is 15.8 Å². The molecule has 0 atom stereocenters. The van der Waals surface area contributed by atoms with Crippen LogP contribution in [0.15, 0.2) is 35.2 Å². The van der Waals surface area contributed by atoms with Crippen LogP contribution in [0.1, 0.15) is 5.56 Å². The van der Waals surface area contributed by atoms with Crippen molar-refractivity contribution in [2.24, 2.45) is 0 Å². The van der Waals surface area contributed by atoms with Gasteiger partial charge < -0.3 is 5.73 Å². The molecule has 2 aromatic rings. The second-order valence-corrected chi connectivity index (χ2v) is 6.87. The Morgan fingerprint density at radius 3 is 2.24 bits per heavy atom. The molecular formula is C13H11Cl2FN2O2S. The highest BCUT2D eigenvalue weighted by Crippen LogP contribution is 2.32. The number of hydrogen-bond donors (Lipinski definition) is 2. The molecular weight excluding hydrogens is 338 g/mol. The fourth-order valence-corrected chi connectivity index (χ4v) is 3.14. The van der Waals surface area contributed by atoms with Crippen molar-refractivity contribution in [3.8, 4) is 0 Å². The fraction of sp³-hybridized carbons (Fsp3) is 0.0769. The monoisotopic (exact) mass is 348 g/mol. The van der Waals surface area contributed by atoms with Gasteiger partial charge in [-0.1, -0.05) is 29.3 Å². The lowest BCUT2D eigenvalue weighted by atomic mass is 10.2. The summed E-state index contributed by atoms with van der Waals surface area (Å²) in [4.78, 5) is -0.199. The standard InChI is InChI=1S/C13H11Cl2FN2O2S/c1-7-2-3-9(6-12(7)16)21(19,20)18-8-4-10(14)13(17)11(15)5-8/h2-6,18H,17H2,1H3. The molecule has 0 spiro atoms. The molecule has 8 heteroatoms. The maximum absolute atomic E-state index is 13.5. The van der Waals surface area contributed by atoms with Crippen LogP contribution in [0.3, 0.4) is 0 Å². The lowest BCUT2D eigenvalue weighted by Gasteiger charge is -2.11. The van der Waals surface area contributed by atoms with E-state index in [1.54, 1.807) is 6.92 Å². The van der Waals surface area contributed by atoms with E-state index in [-0.39, 0.29) is 26.3 Å². The van der Waals surface area contributed by atoms with Crippen LogP contribution in [-0.4, -0.2) is 8.42 Å². The summed E-state index contributed by atoms with van der Waals surface area (Å²) in [6.45, 7) is 1.54. The minimum Gasteiger partial charge on any atom is -0.396 e. The van der Waals surface area contributed by atoms with Crippen molar-refractivity contribution in [2.75, 3.05) is 10.5 Å². The van der Waals surface area contributed by atoms with E-state index in [2.05, 4.69) is 4.72 Å². The van der Waals surface area contributed by atoms with Gasteiger partial charge in [-0.25, -0.2) is 12.8 Å². The van der Waals surface area contributed by atoms with E-state index in [1.807, 2.05) is 0 Å². The molecule has 0 aliphatic heterocycles. The van der Waals surface area contributed by atoms with Gasteiger partial charge in [0.25, 0.3) is 10.0 Å². The Balaban J connectivity index is 2.39. The predicted molar refractivity (Wildman–Crippen MR) is 82.8 cm³/mol. The Labute approximate surface area is 131 Å². The third-order valence-corrected chi connectivity index (χ3v) is 4.79. The number of anilines is 2. The van der Waals surface area contributed by atoms with Crippen LogP contribution in [0.2, 0.25) is 10.0 Å². The number of rotatable bonds is 3. The number of nitrogens with one attached hydrogen (secondary N) is 1. The molecule has 112 valence electrons. The van der Waals surface area contributed by atoms with Crippen molar-refractivity contribution in [1.29, 1.82) is 0 Å². The number of hydrogen-bond acceptors (Lipinski definition) is 3. The van der Waals surface area contributed by atoms with Crippen LogP contribution in [0.25, 0.3) is 0 Å². The lowest BCUT2D eigenvalue weighted by Crippen LogP contribution is -2.13. The molecule has 0 saturated heterocycles. The maximum atomic E-state index is 13.5. The normalized spacial score (nSPS) is 11.4. The zero-order valence-corrected chi connectivity index (χ0v) is 13.2. The number of benzene rings is 2. The second kappa shape index (κ2) is 5.71. The van der Waals surface area contributed by atoms with Crippen molar-refractivity contribution in [2.45, 2.75) is 11.8 Å². The van der Waals surface area contributed by atoms with E-state index in [4.69, 9.17) is 28.9 Å². The molecule has 3 N–H and O–H groups in total. The van der Waals surface area contributed by atoms with E-state index in [0.717, 1.165) is 6.07 Å². The Bertz CT molecular complexity index is 787. The van der Waals surface area contributed by atoms with Crippen molar-refractivity contribution in [1.82, 2.24) is 0 Å². The first-order valence-corrected chi connectivity index (χ1v) is 7.98. The quantitative estimate of drug-likeness (QED) is 0.828. The van der Waals surface area contributed by atoms with Gasteiger partial charge in [-0.15, -0.1) is 0 Å². The smallest absolute Gasteiger partial charge is 0.261 e. The van der Waals surface area contributed by atoms with Gasteiger partial charge in [0.2, 0.25) is 0 Å². The Hall–Kier alpha value is -1.50. The summed E-state index contributed by atoms with van der Waals surface area (Å²) in [5.74, 6) is -0.605. The third kappa shape index (κ3) is 3.40. The fourth-order valence-electron chi connectivity index (χ4n) is 1.60. The Morgan fingerprint density at radius 1 is 1.14 bits per heavy atom. The topological polar surface area (TPSA) is 72.2 Å². The Morgan fingerprint density at radius 2 is 1.71 bits per heavy atom. The first kappa shape index (κ1) is 15.9. The molecule has 0 bridgehead atoms. The molecule has 0 radical (unpaired) electrons. The van der Waals surface area contributed by atoms with Crippen LogP contribution < -0.4 is 10.5 Å². The molecule has 21 heavy (non-hydrogen) atoms. The minimum absolute atomic E-state index is 0.121. The number of sulfonamides is 1. The number of nitrogen functional groups attached to an aromatic ring is 1. The van der Waals surface area contributed by atoms with Crippen LogP contribution >= 0.6 is 23.2 Å². The molecule has 4 nitrogen and oxygen atoms in total. The summed E-state index contributed by atoms with van der Waals surface area (Å²) < 4.78 is 40.1. The van der Waals surface area contributed by atoms with Gasteiger partial charge in [-0.2, -0.15) is 0 Å². The van der Waals surface area contributed by atoms with Crippen molar-refractivity contribution < 1.29 is 12.8 Å². The molecule has 0 heterocycles. The molecule has 0 fully saturated rings. The number of aryl methyl sites for hydroxylation is 1. The highest BCUT2D eigenvalue weighted by atomic mass is 35.5. The van der Waals surface area contributed by atoms with Crippen molar-refractivity contribution >= 4 is 44.6 Å². The summed E-state index contributed by atoms with van der Waals surface area (Å²) in [5.41, 5.74) is 6.22. The number of nitrogens with two attached hydrogens (primary N) is 1. The third-order valence-electron chi connectivity index (χ3n) is 2.78. The maximum Gasteiger partial charge on any atom is 0.261 e. The molecule has 2 aromatic carbocycles. The summed E-state index contributed by atoms with van der Waals surface area (Å²) in [6.07, 6.45) is 0.